The van der Waals surface area contributed by atoms with Crippen LogP contribution < -0.4 is 20.5 Å². The number of nitrogens with one attached hydrogen (secondary N) is 1. The number of primary amides is 1. The molecule has 1 saturated carbocycles. The molecule has 1 aromatic heterocycles. The van der Waals surface area contributed by atoms with Gasteiger partial charge in [0.25, 0.3) is 0 Å². The van der Waals surface area contributed by atoms with Gasteiger partial charge in [-0.15, -0.1) is 0 Å². The molecule has 2 aromatic rings. The number of unbranched alkanes of at least 4 members (excludes halogenated alkanes) is 3. The minimum absolute atomic E-state index is 0.0408. The van der Waals surface area contributed by atoms with Gasteiger partial charge >= 0.3 is 12.1 Å². The maximum Gasteiger partial charge on any atom is 0.408 e. The van der Waals surface area contributed by atoms with E-state index in [1.165, 1.54) is 18.2 Å². The number of nitrogens with zero attached hydrogens (tertiary/aromatic N) is 2. The van der Waals surface area contributed by atoms with Gasteiger partial charge in [0.05, 0.1) is 25.8 Å². The molecule has 3 amide bonds. The minimum atomic E-state index is -0.981. The number of carbonyl (C=O) groups excluding carboxylic acids is 3. The number of allylic oxidation sites excluding steroid dienone is 2. The molecule has 4 N–H and O–H groups in total. The summed E-state index contributed by atoms with van der Waals surface area (Å²) in [4.78, 5) is 56.4. The number of pyridine rings is 1. The van der Waals surface area contributed by atoms with E-state index in [0.717, 1.165) is 24.6 Å². The predicted octanol–water partition coefficient (Wildman–Crippen LogP) is 5.10. The number of carboxylic acids is 1. The van der Waals surface area contributed by atoms with Crippen LogP contribution in [0.3, 0.4) is 0 Å². The lowest BCUT2D eigenvalue weighted by molar-refractivity contribution is -0.140. The zero-order valence-electron chi connectivity index (χ0n) is 27.5. The predicted molar refractivity (Wildman–Crippen MR) is 176 cm³/mol. The van der Waals surface area contributed by atoms with Gasteiger partial charge in [-0.2, -0.15) is 0 Å². The smallest absolute Gasteiger partial charge is 0.408 e. The number of hydrogen-bond donors (Lipinski definition) is 3. The fourth-order valence-corrected chi connectivity index (χ4v) is 6.16. The molecule has 2 fully saturated rings. The highest BCUT2D eigenvalue weighted by atomic mass is 35.5. The summed E-state index contributed by atoms with van der Waals surface area (Å²) in [7, 11) is 1.54. The van der Waals surface area contributed by atoms with Crippen molar-refractivity contribution >= 4 is 46.3 Å². The number of benzene rings is 1. The third-order valence-corrected chi connectivity index (χ3v) is 8.76. The SMILES string of the molecule is COc1cnc(OC2CN(C(=O)C(CCCCCC=CC3CC3C(=O)O)NC(=O)OC(C)(C)C)C(C(N)=O)C2C)c2cc(Cl)ccc12. The molecular formula is C34H45ClN4O8. The van der Waals surface area contributed by atoms with Crippen LogP contribution in [-0.4, -0.2) is 76.3 Å². The lowest BCUT2D eigenvalue weighted by Crippen LogP contribution is -2.54. The molecule has 47 heavy (non-hydrogen) atoms. The Morgan fingerprint density at radius 3 is 2.57 bits per heavy atom. The fraction of sp³-hybridized carbons (Fsp3) is 0.559. The number of aromatic nitrogens is 1. The first-order valence-electron chi connectivity index (χ1n) is 16.0. The molecule has 12 nitrogen and oxygen atoms in total. The second kappa shape index (κ2) is 15.2. The second-order valence-corrected chi connectivity index (χ2v) is 13.7. The van der Waals surface area contributed by atoms with Crippen LogP contribution in [0.25, 0.3) is 10.8 Å². The number of fused-ring (bicyclic) bond motifs is 1. The standard InChI is InChI=1S/C34H45ClN4O8/c1-19-27(46-30-24-16-21(35)13-14-22(24)26(45-5)17-37-30)18-39(28(19)29(36)40)31(41)25(38-33(44)47-34(2,3)4)12-10-8-6-7-9-11-20-15-23(20)32(42)43/h9,11,13-14,16-17,19-20,23,25,27-28H,6-8,10,12,15,18H2,1-5H3,(H2,36,40)(H,38,44)(H,42,43). The number of aliphatic carboxylic acids is 1. The third-order valence-electron chi connectivity index (χ3n) is 8.52. The molecule has 256 valence electrons. The average molecular weight is 673 g/mol. The maximum absolute atomic E-state index is 14.1. The van der Waals surface area contributed by atoms with E-state index in [1.54, 1.807) is 45.9 Å². The van der Waals surface area contributed by atoms with Crippen molar-refractivity contribution in [2.24, 2.45) is 23.5 Å². The molecule has 2 heterocycles. The van der Waals surface area contributed by atoms with Gasteiger partial charge in [0.2, 0.25) is 17.7 Å². The van der Waals surface area contributed by atoms with Gasteiger partial charge in [-0.1, -0.05) is 43.5 Å². The van der Waals surface area contributed by atoms with E-state index in [4.69, 9.17) is 36.7 Å². The number of alkyl carbamates (subject to hydrolysis) is 1. The van der Waals surface area contributed by atoms with Crippen molar-refractivity contribution in [1.29, 1.82) is 0 Å². The number of carboxylic acid groups (broad SMARTS) is 1. The van der Waals surface area contributed by atoms with E-state index in [2.05, 4.69) is 10.3 Å². The summed E-state index contributed by atoms with van der Waals surface area (Å²) in [6, 6.07) is 3.30. The van der Waals surface area contributed by atoms with Crippen molar-refractivity contribution in [1.82, 2.24) is 15.2 Å². The lowest BCUT2D eigenvalue weighted by Gasteiger charge is -2.29. The summed E-state index contributed by atoms with van der Waals surface area (Å²) in [6.07, 6.45) is 8.14. The summed E-state index contributed by atoms with van der Waals surface area (Å²) < 4.78 is 17.2. The normalized spacial score (nSPS) is 23.0. The molecular weight excluding hydrogens is 628 g/mol. The van der Waals surface area contributed by atoms with Crippen LogP contribution in [0.15, 0.2) is 36.5 Å². The van der Waals surface area contributed by atoms with Crippen LogP contribution in [0.1, 0.15) is 66.2 Å². The monoisotopic (exact) mass is 672 g/mol. The highest BCUT2D eigenvalue weighted by molar-refractivity contribution is 6.31. The van der Waals surface area contributed by atoms with Crippen LogP contribution in [-0.2, 0) is 19.1 Å². The lowest BCUT2D eigenvalue weighted by atomic mass is 9.99. The summed E-state index contributed by atoms with van der Waals surface area (Å²) in [6.45, 7) is 7.02. The van der Waals surface area contributed by atoms with Gasteiger partial charge in [-0.05, 0) is 70.6 Å². The van der Waals surface area contributed by atoms with E-state index < -0.39 is 53.6 Å². The third kappa shape index (κ3) is 9.27. The molecule has 2 aliphatic rings. The molecule has 1 aliphatic heterocycles. The molecule has 1 aliphatic carbocycles. The summed E-state index contributed by atoms with van der Waals surface area (Å²) >= 11 is 6.28. The van der Waals surface area contributed by atoms with Crippen molar-refractivity contribution in [3.05, 3.63) is 41.6 Å². The van der Waals surface area contributed by atoms with Crippen LogP contribution in [0.2, 0.25) is 5.02 Å². The first-order valence-corrected chi connectivity index (χ1v) is 16.4. The minimum Gasteiger partial charge on any atom is -0.494 e. The maximum atomic E-state index is 14.1. The molecule has 0 bridgehead atoms. The molecule has 6 atom stereocenters. The zero-order valence-corrected chi connectivity index (χ0v) is 28.3. The Hall–Kier alpha value is -4.06. The molecule has 0 spiro atoms. The number of rotatable bonds is 14. The first-order chi connectivity index (χ1) is 22.2. The van der Waals surface area contributed by atoms with Crippen molar-refractivity contribution in [3.63, 3.8) is 0 Å². The van der Waals surface area contributed by atoms with Crippen LogP contribution in [0, 0.1) is 17.8 Å². The average Bonchev–Trinajstić information content (AvgIpc) is 3.70. The zero-order chi connectivity index (χ0) is 34.5. The number of ether oxygens (including phenoxy) is 3. The van der Waals surface area contributed by atoms with Gasteiger partial charge in [-0.25, -0.2) is 9.78 Å². The Morgan fingerprint density at radius 1 is 1.19 bits per heavy atom. The number of likely N-dealkylation sites (tertiary alicyclic amines) is 1. The van der Waals surface area contributed by atoms with Gasteiger partial charge in [0, 0.05) is 21.7 Å². The van der Waals surface area contributed by atoms with Crippen molar-refractivity contribution in [2.75, 3.05) is 13.7 Å². The van der Waals surface area contributed by atoms with Crippen molar-refractivity contribution in [3.8, 4) is 11.6 Å². The van der Waals surface area contributed by atoms with Crippen LogP contribution >= 0.6 is 11.6 Å². The van der Waals surface area contributed by atoms with Crippen molar-refractivity contribution in [2.45, 2.75) is 90.0 Å². The highest BCUT2D eigenvalue weighted by Crippen LogP contribution is 2.40. The fourth-order valence-electron chi connectivity index (χ4n) is 5.99. The summed E-state index contributed by atoms with van der Waals surface area (Å²) in [5.74, 6) is -1.74. The van der Waals surface area contributed by atoms with Crippen molar-refractivity contribution < 1.29 is 38.5 Å². The van der Waals surface area contributed by atoms with Gasteiger partial charge < -0.3 is 35.3 Å². The Kier molecular flexibility index (Phi) is 11.6. The van der Waals surface area contributed by atoms with Gasteiger partial charge in [0.15, 0.2) is 0 Å². The number of halogens is 1. The second-order valence-electron chi connectivity index (χ2n) is 13.3. The quantitative estimate of drug-likeness (QED) is 0.183. The van der Waals surface area contributed by atoms with Gasteiger partial charge in [-0.3, -0.25) is 14.4 Å². The number of methoxy groups -OCH3 is 1. The number of hydrogen-bond acceptors (Lipinski definition) is 8. The molecule has 6 unspecified atom stereocenters. The highest BCUT2D eigenvalue weighted by Gasteiger charge is 2.48. The van der Waals surface area contributed by atoms with E-state index in [1.807, 2.05) is 12.2 Å². The molecule has 0 radical (unpaired) electrons. The molecule has 1 saturated heterocycles. The summed E-state index contributed by atoms with van der Waals surface area (Å²) in [5, 5.41) is 13.6. The van der Waals surface area contributed by atoms with Crippen LogP contribution in [0.5, 0.6) is 11.6 Å². The van der Waals surface area contributed by atoms with E-state index in [0.29, 0.717) is 35.4 Å². The first kappa shape index (κ1) is 35.8. The number of amides is 3. The Balaban J connectivity index is 1.46. The Morgan fingerprint density at radius 2 is 1.94 bits per heavy atom. The van der Waals surface area contributed by atoms with Gasteiger partial charge in [0.1, 0.15) is 29.5 Å². The van der Waals surface area contributed by atoms with E-state index in [-0.39, 0.29) is 24.3 Å². The Labute approximate surface area is 279 Å². The molecule has 4 rings (SSSR count). The Bertz CT molecular complexity index is 1510. The molecule has 1 aromatic carbocycles. The molecule has 13 heteroatoms. The van der Waals surface area contributed by atoms with E-state index in [9.17, 15) is 19.2 Å². The number of nitrogens with two attached hydrogens (primary N) is 1. The largest absolute Gasteiger partial charge is 0.494 e. The number of carbonyl (C=O) groups is 4. The van der Waals surface area contributed by atoms with E-state index >= 15 is 0 Å². The topological polar surface area (TPSA) is 170 Å². The van der Waals surface area contributed by atoms with Crippen LogP contribution in [0.4, 0.5) is 4.79 Å². The summed E-state index contributed by atoms with van der Waals surface area (Å²) in [5.41, 5.74) is 5.06.